The average Bonchev–Trinajstić information content (AvgIpc) is 3.21. The number of rotatable bonds is 10. The van der Waals surface area contributed by atoms with Gasteiger partial charge in [0.1, 0.15) is 0 Å². The number of hydrogen-bond acceptors (Lipinski definition) is 5. The van der Waals surface area contributed by atoms with E-state index in [0.29, 0.717) is 13.2 Å². The second-order valence-corrected chi connectivity index (χ2v) is 6.96. The summed E-state index contributed by atoms with van der Waals surface area (Å²) in [6.07, 6.45) is 1.82. The first kappa shape index (κ1) is 20.9. The van der Waals surface area contributed by atoms with Gasteiger partial charge in [0.25, 0.3) is 5.69 Å². The van der Waals surface area contributed by atoms with Gasteiger partial charge in [-0.1, -0.05) is 25.1 Å². The van der Waals surface area contributed by atoms with E-state index in [9.17, 15) is 10.1 Å². The molecule has 0 spiro atoms. The molecule has 0 radical (unpaired) electrons. The van der Waals surface area contributed by atoms with Crippen LogP contribution >= 0.6 is 11.3 Å². The molecular formula is C19H26N4O3S. The fourth-order valence-corrected chi connectivity index (χ4v) is 3.36. The van der Waals surface area contributed by atoms with Crippen molar-refractivity contribution in [3.05, 3.63) is 62.3 Å². The molecule has 27 heavy (non-hydrogen) atoms. The predicted molar refractivity (Wildman–Crippen MR) is 109 cm³/mol. The monoisotopic (exact) mass is 390 g/mol. The van der Waals surface area contributed by atoms with E-state index in [-0.39, 0.29) is 11.7 Å². The zero-order chi connectivity index (χ0) is 19.5. The van der Waals surface area contributed by atoms with E-state index >= 15 is 0 Å². The highest BCUT2D eigenvalue weighted by Crippen LogP contribution is 2.21. The minimum absolute atomic E-state index is 0.0857. The number of aliphatic imine (C=N–C) groups is 1. The van der Waals surface area contributed by atoms with Crippen molar-refractivity contribution < 1.29 is 9.66 Å². The third-order valence-corrected chi connectivity index (χ3v) is 4.98. The fourth-order valence-electron chi connectivity index (χ4n) is 2.50. The zero-order valence-corrected chi connectivity index (χ0v) is 16.5. The second kappa shape index (κ2) is 11.3. The van der Waals surface area contributed by atoms with E-state index < -0.39 is 4.92 Å². The molecule has 2 N–H and O–H groups in total. The minimum atomic E-state index is -0.399. The molecule has 0 aliphatic rings. The fraction of sp³-hybridized carbons (Fsp3) is 0.421. The molecular weight excluding hydrogens is 364 g/mol. The van der Waals surface area contributed by atoms with Crippen molar-refractivity contribution >= 4 is 23.0 Å². The van der Waals surface area contributed by atoms with Crippen LogP contribution in [0.2, 0.25) is 0 Å². The van der Waals surface area contributed by atoms with E-state index in [1.165, 1.54) is 17.0 Å². The molecule has 0 fully saturated rings. The first-order valence-corrected chi connectivity index (χ1v) is 9.82. The van der Waals surface area contributed by atoms with Gasteiger partial charge in [-0.25, -0.2) is 4.99 Å². The number of guanidine groups is 1. The van der Waals surface area contributed by atoms with E-state index in [1.54, 1.807) is 30.6 Å². The third-order valence-electron chi connectivity index (χ3n) is 3.99. The lowest BCUT2D eigenvalue weighted by molar-refractivity contribution is -0.384. The minimum Gasteiger partial charge on any atom is -0.385 e. The molecule has 1 heterocycles. The molecule has 0 bridgehead atoms. The van der Waals surface area contributed by atoms with E-state index in [2.05, 4.69) is 34.0 Å². The quantitative estimate of drug-likeness (QED) is 0.211. The topological polar surface area (TPSA) is 88.8 Å². The molecule has 1 aromatic heterocycles. The van der Waals surface area contributed by atoms with E-state index in [0.717, 1.165) is 30.9 Å². The highest BCUT2D eigenvalue weighted by atomic mass is 32.1. The van der Waals surface area contributed by atoms with Crippen LogP contribution in [0.4, 0.5) is 5.69 Å². The van der Waals surface area contributed by atoms with Gasteiger partial charge in [0.2, 0.25) is 0 Å². The van der Waals surface area contributed by atoms with Crippen LogP contribution in [0.1, 0.15) is 36.2 Å². The van der Waals surface area contributed by atoms with Gasteiger partial charge in [0.15, 0.2) is 5.96 Å². The van der Waals surface area contributed by atoms with Crippen LogP contribution in [0, 0.1) is 10.1 Å². The van der Waals surface area contributed by atoms with Crippen LogP contribution in [0.5, 0.6) is 0 Å². The Morgan fingerprint density at radius 3 is 2.70 bits per heavy atom. The van der Waals surface area contributed by atoms with Crippen LogP contribution in [-0.2, 0) is 11.3 Å². The Hall–Kier alpha value is -2.45. The smallest absolute Gasteiger partial charge is 0.269 e. The standard InChI is InChI=1S/C19H26N4O3S/c1-3-17(18-6-4-13-27-18)22-19(20-11-5-12-26-2)21-14-15-7-9-16(10-8-15)23(24)25/h4,6-10,13,17H,3,5,11-12,14H2,1-2H3,(H2,20,21,22). The Balaban J connectivity index is 2.05. The Labute approximate surface area is 163 Å². The van der Waals surface area contributed by atoms with Crippen molar-refractivity contribution in [1.29, 1.82) is 0 Å². The van der Waals surface area contributed by atoms with Crippen molar-refractivity contribution in [2.24, 2.45) is 4.99 Å². The Morgan fingerprint density at radius 1 is 1.33 bits per heavy atom. The molecule has 1 unspecified atom stereocenters. The van der Waals surface area contributed by atoms with Gasteiger partial charge in [-0.05, 0) is 29.9 Å². The highest BCUT2D eigenvalue weighted by Gasteiger charge is 2.12. The second-order valence-electron chi connectivity index (χ2n) is 5.98. The third kappa shape index (κ3) is 6.99. The Bertz CT molecular complexity index is 717. The van der Waals surface area contributed by atoms with Crippen molar-refractivity contribution in [2.75, 3.05) is 20.3 Å². The van der Waals surface area contributed by atoms with Gasteiger partial charge >= 0.3 is 0 Å². The average molecular weight is 391 g/mol. The number of nitro benzene ring substituents is 1. The van der Waals surface area contributed by atoms with Gasteiger partial charge in [-0.15, -0.1) is 11.3 Å². The molecule has 0 saturated heterocycles. The van der Waals surface area contributed by atoms with Gasteiger partial charge in [0, 0.05) is 37.3 Å². The van der Waals surface area contributed by atoms with Crippen molar-refractivity contribution in [3.63, 3.8) is 0 Å². The van der Waals surface area contributed by atoms with Crippen LogP contribution < -0.4 is 10.6 Å². The van der Waals surface area contributed by atoms with Gasteiger partial charge in [0.05, 0.1) is 17.5 Å². The van der Waals surface area contributed by atoms with Gasteiger partial charge in [-0.2, -0.15) is 0 Å². The number of non-ortho nitro benzene ring substituents is 1. The molecule has 0 aliphatic heterocycles. The molecule has 8 heteroatoms. The largest absolute Gasteiger partial charge is 0.385 e. The SMILES string of the molecule is CCC(NC(=NCc1ccc([N+](=O)[O-])cc1)NCCCOC)c1cccs1. The molecule has 0 amide bonds. The summed E-state index contributed by atoms with van der Waals surface area (Å²) in [5.41, 5.74) is 1.00. The number of hydrogen-bond donors (Lipinski definition) is 2. The molecule has 7 nitrogen and oxygen atoms in total. The number of thiophene rings is 1. The van der Waals surface area contributed by atoms with Gasteiger partial charge in [-0.3, -0.25) is 10.1 Å². The lowest BCUT2D eigenvalue weighted by atomic mass is 10.2. The number of methoxy groups -OCH3 is 1. The molecule has 2 aromatic rings. The number of nitrogens with one attached hydrogen (secondary N) is 2. The maximum absolute atomic E-state index is 10.8. The highest BCUT2D eigenvalue weighted by molar-refractivity contribution is 7.10. The molecule has 0 aliphatic carbocycles. The summed E-state index contributed by atoms with van der Waals surface area (Å²) in [6.45, 7) is 4.01. The van der Waals surface area contributed by atoms with Crippen molar-refractivity contribution in [1.82, 2.24) is 10.6 Å². The first-order valence-electron chi connectivity index (χ1n) is 8.94. The van der Waals surface area contributed by atoms with Crippen LogP contribution in [0.25, 0.3) is 0 Å². The molecule has 146 valence electrons. The van der Waals surface area contributed by atoms with Crippen molar-refractivity contribution in [2.45, 2.75) is 32.4 Å². The first-order chi connectivity index (χ1) is 13.1. The van der Waals surface area contributed by atoms with Crippen LogP contribution in [-0.4, -0.2) is 31.1 Å². The maximum atomic E-state index is 10.8. The Kier molecular flexibility index (Phi) is 8.73. The molecule has 1 atom stereocenters. The number of benzene rings is 1. The number of nitrogens with zero attached hydrogens (tertiary/aromatic N) is 2. The molecule has 0 saturated carbocycles. The van der Waals surface area contributed by atoms with Crippen molar-refractivity contribution in [3.8, 4) is 0 Å². The number of nitro groups is 1. The van der Waals surface area contributed by atoms with Crippen LogP contribution in [0.15, 0.2) is 46.8 Å². The summed E-state index contributed by atoms with van der Waals surface area (Å²) in [5.74, 6) is 0.727. The van der Waals surface area contributed by atoms with E-state index in [4.69, 9.17) is 4.74 Å². The predicted octanol–water partition coefficient (Wildman–Crippen LogP) is 3.88. The lowest BCUT2D eigenvalue weighted by Crippen LogP contribution is -2.40. The summed E-state index contributed by atoms with van der Waals surface area (Å²) in [4.78, 5) is 16.3. The van der Waals surface area contributed by atoms with Crippen LogP contribution in [0.3, 0.4) is 0 Å². The summed E-state index contributed by atoms with van der Waals surface area (Å²) in [5, 5.41) is 19.7. The zero-order valence-electron chi connectivity index (χ0n) is 15.7. The molecule has 1 aromatic carbocycles. The lowest BCUT2D eigenvalue weighted by Gasteiger charge is -2.19. The normalized spacial score (nSPS) is 12.6. The Morgan fingerprint density at radius 2 is 2.11 bits per heavy atom. The van der Waals surface area contributed by atoms with E-state index in [1.807, 2.05) is 6.07 Å². The summed E-state index contributed by atoms with van der Waals surface area (Å²) in [6, 6.07) is 10.8. The summed E-state index contributed by atoms with van der Waals surface area (Å²) >= 11 is 1.72. The summed E-state index contributed by atoms with van der Waals surface area (Å²) in [7, 11) is 1.69. The summed E-state index contributed by atoms with van der Waals surface area (Å²) < 4.78 is 5.09. The molecule has 2 rings (SSSR count). The maximum Gasteiger partial charge on any atom is 0.269 e. The van der Waals surface area contributed by atoms with Gasteiger partial charge < -0.3 is 15.4 Å². The number of ether oxygens (including phenoxy) is 1.